The number of carbonyl (C=O) groups excluding carboxylic acids is 1. The summed E-state index contributed by atoms with van der Waals surface area (Å²) in [5, 5.41) is 0. The maximum atomic E-state index is 13.0. The van der Waals surface area contributed by atoms with Gasteiger partial charge < -0.3 is 14.0 Å². The molecule has 2 unspecified atom stereocenters. The van der Waals surface area contributed by atoms with Crippen LogP contribution in [0.1, 0.15) is 105 Å². The number of allylic oxidation sites excluding steroid dienone is 1. The van der Waals surface area contributed by atoms with Crippen molar-refractivity contribution in [3.8, 4) is 0 Å². The Labute approximate surface area is 257 Å². The topological polar surface area (TPSA) is 57.1 Å². The zero-order valence-electron chi connectivity index (χ0n) is 27.0. The van der Waals surface area contributed by atoms with Crippen LogP contribution in [0.3, 0.4) is 0 Å². The Morgan fingerprint density at radius 1 is 0.929 bits per heavy atom. The molecule has 7 heteroatoms. The van der Waals surface area contributed by atoms with Crippen LogP contribution in [-0.4, -0.2) is 40.7 Å². The van der Waals surface area contributed by atoms with E-state index in [4.69, 9.17) is 19.0 Å². The molecule has 2 aromatic rings. The summed E-state index contributed by atoms with van der Waals surface area (Å²) in [6, 6.07) is 20.5. The Hall–Kier alpha value is -2.27. The molecular formula is C35H51BNO4P. The summed E-state index contributed by atoms with van der Waals surface area (Å²) < 4.78 is 19.2. The number of hydrogen-bond donors (Lipinski definition) is 0. The molecule has 0 spiro atoms. The van der Waals surface area contributed by atoms with Crippen molar-refractivity contribution in [2.45, 2.75) is 123 Å². The molecule has 5 nitrogen and oxygen atoms in total. The molecule has 3 rings (SSSR count). The Morgan fingerprint density at radius 2 is 1.45 bits per heavy atom. The van der Waals surface area contributed by atoms with E-state index in [0.29, 0.717) is 6.42 Å². The van der Waals surface area contributed by atoms with E-state index in [1.807, 2.05) is 36.4 Å². The Bertz CT molecular complexity index is 1160. The van der Waals surface area contributed by atoms with Gasteiger partial charge in [0.15, 0.2) is 5.52 Å². The molecule has 2 atom stereocenters. The second-order valence-electron chi connectivity index (χ2n) is 13.4. The lowest BCUT2D eigenvalue weighted by molar-refractivity contribution is -0.112. The first-order valence-electron chi connectivity index (χ1n) is 15.4. The molecule has 0 aromatic heterocycles. The molecule has 0 saturated carbocycles. The van der Waals surface area contributed by atoms with Crippen LogP contribution in [0.4, 0.5) is 0 Å². The van der Waals surface area contributed by atoms with Crippen LogP contribution < -0.4 is 0 Å². The fourth-order valence-electron chi connectivity index (χ4n) is 5.18. The fourth-order valence-corrected chi connectivity index (χ4v) is 5.52. The number of carbonyl (C=O) groups is 1. The molecule has 1 saturated heterocycles. The van der Waals surface area contributed by atoms with E-state index in [2.05, 4.69) is 95.0 Å². The van der Waals surface area contributed by atoms with E-state index in [9.17, 15) is 4.79 Å². The summed E-state index contributed by atoms with van der Waals surface area (Å²) in [7, 11) is 2.13. The minimum absolute atomic E-state index is 0.00471. The first-order chi connectivity index (χ1) is 19.7. The van der Waals surface area contributed by atoms with Crippen LogP contribution >= 0.6 is 9.24 Å². The van der Waals surface area contributed by atoms with Crippen LogP contribution in [0.2, 0.25) is 6.32 Å². The summed E-state index contributed by atoms with van der Waals surface area (Å²) >= 11 is 0. The van der Waals surface area contributed by atoms with Gasteiger partial charge in [0.05, 0.1) is 16.9 Å². The summed E-state index contributed by atoms with van der Waals surface area (Å²) in [5.41, 5.74) is 0.839. The van der Waals surface area contributed by atoms with Gasteiger partial charge in [-0.05, 0) is 73.7 Å². The third-order valence-electron chi connectivity index (χ3n) is 7.96. The van der Waals surface area contributed by atoms with Gasteiger partial charge >= 0.3 is 7.12 Å². The van der Waals surface area contributed by atoms with Gasteiger partial charge in [-0.3, -0.25) is 9.79 Å². The van der Waals surface area contributed by atoms with Gasteiger partial charge in [0.2, 0.25) is 0 Å². The molecule has 228 valence electrons. The lowest BCUT2D eigenvalue weighted by Crippen LogP contribution is -2.41. The van der Waals surface area contributed by atoms with Crippen molar-refractivity contribution in [2.24, 2.45) is 4.99 Å². The second kappa shape index (κ2) is 14.5. The Balaban J connectivity index is 2.09. The number of unbranched alkanes of at least 4 members (excludes halogenated alkanes) is 2. The Morgan fingerprint density at radius 3 is 1.90 bits per heavy atom. The first kappa shape index (κ1) is 34.2. The van der Waals surface area contributed by atoms with Gasteiger partial charge in [0, 0.05) is 17.5 Å². The molecule has 1 fully saturated rings. The summed E-state index contributed by atoms with van der Waals surface area (Å²) in [6.07, 6.45) is 7.33. The van der Waals surface area contributed by atoms with Crippen molar-refractivity contribution >= 4 is 27.6 Å². The number of benzene rings is 2. The smallest absolute Gasteiger partial charge is 0.457 e. The second-order valence-corrected chi connectivity index (χ2v) is 14.0. The predicted octanol–water partition coefficient (Wildman–Crippen LogP) is 8.82. The van der Waals surface area contributed by atoms with Crippen molar-refractivity contribution in [1.82, 2.24) is 0 Å². The number of aliphatic imine (C=N–C) groups is 1. The summed E-state index contributed by atoms with van der Waals surface area (Å²) in [6.45, 7) is 16.6. The van der Waals surface area contributed by atoms with Gasteiger partial charge in [-0.1, -0.05) is 96.1 Å². The van der Waals surface area contributed by atoms with Crippen LogP contribution in [0.15, 0.2) is 77.5 Å². The number of rotatable bonds is 14. The highest BCUT2D eigenvalue weighted by molar-refractivity contribution is 7.40. The normalized spacial score (nSPS) is 17.9. The van der Waals surface area contributed by atoms with E-state index in [1.54, 1.807) is 0 Å². The standard InChI is InChI=1S/C35H51BNO4P/c1-9-10-23-29(39-32(2,3)4)35(26-30(38)42,24-17-18-25-36-40-33(5,6)34(7,8)41-36)37-31(27-19-13-11-14-20-27)28-21-15-12-16-22-28/h11-16,19-23H,9-10,17-18,24-26,42H2,1-8H3/b29-23+. The number of ether oxygens (including phenoxy) is 1. The van der Waals surface area contributed by atoms with Crippen molar-refractivity contribution in [3.63, 3.8) is 0 Å². The highest BCUT2D eigenvalue weighted by atomic mass is 31.0. The summed E-state index contributed by atoms with van der Waals surface area (Å²) in [4.78, 5) is 18.6. The van der Waals surface area contributed by atoms with Crippen molar-refractivity contribution in [1.29, 1.82) is 0 Å². The van der Waals surface area contributed by atoms with Gasteiger partial charge in [-0.15, -0.1) is 0 Å². The maximum absolute atomic E-state index is 13.0. The monoisotopic (exact) mass is 591 g/mol. The third-order valence-corrected chi connectivity index (χ3v) is 8.17. The number of nitrogens with zero attached hydrogens (tertiary/aromatic N) is 1. The Kier molecular flexibility index (Phi) is 11.8. The molecule has 0 aliphatic carbocycles. The van der Waals surface area contributed by atoms with Crippen molar-refractivity contribution in [3.05, 3.63) is 83.6 Å². The van der Waals surface area contributed by atoms with Crippen LogP contribution in [0, 0.1) is 0 Å². The van der Waals surface area contributed by atoms with E-state index in [0.717, 1.165) is 54.6 Å². The fraction of sp³-hybridized carbons (Fsp3) is 0.543. The quantitative estimate of drug-likeness (QED) is 0.0724. The third kappa shape index (κ3) is 9.37. The van der Waals surface area contributed by atoms with Crippen molar-refractivity contribution in [2.75, 3.05) is 0 Å². The van der Waals surface area contributed by atoms with Gasteiger partial charge in [-0.25, -0.2) is 0 Å². The molecule has 0 amide bonds. The average Bonchev–Trinajstić information content (AvgIpc) is 3.13. The van der Waals surface area contributed by atoms with Gasteiger partial charge in [0.25, 0.3) is 0 Å². The van der Waals surface area contributed by atoms with E-state index in [1.165, 1.54) is 0 Å². The van der Waals surface area contributed by atoms with E-state index in [-0.39, 0.29) is 30.3 Å². The minimum Gasteiger partial charge on any atom is -0.490 e. The van der Waals surface area contributed by atoms with E-state index >= 15 is 0 Å². The van der Waals surface area contributed by atoms with E-state index < -0.39 is 11.1 Å². The lowest BCUT2D eigenvalue weighted by Gasteiger charge is -2.37. The zero-order valence-corrected chi connectivity index (χ0v) is 28.2. The van der Waals surface area contributed by atoms with Crippen LogP contribution in [0.5, 0.6) is 0 Å². The highest BCUT2D eigenvalue weighted by Crippen LogP contribution is 2.40. The molecule has 0 N–H and O–H groups in total. The molecular weight excluding hydrogens is 540 g/mol. The molecule has 1 heterocycles. The van der Waals surface area contributed by atoms with Gasteiger partial charge in [0.1, 0.15) is 16.9 Å². The number of hydrogen-bond acceptors (Lipinski definition) is 5. The molecule has 1 aliphatic rings. The first-order valence-corrected chi connectivity index (χ1v) is 16.0. The molecule has 1 aliphatic heterocycles. The summed E-state index contributed by atoms with van der Waals surface area (Å²) in [5.74, 6) is 0.771. The van der Waals surface area contributed by atoms with Crippen LogP contribution in [-0.2, 0) is 18.8 Å². The van der Waals surface area contributed by atoms with Crippen molar-refractivity contribution < 1.29 is 18.8 Å². The molecule has 2 aromatic carbocycles. The highest BCUT2D eigenvalue weighted by Gasteiger charge is 2.50. The maximum Gasteiger partial charge on any atom is 0.457 e. The average molecular weight is 592 g/mol. The van der Waals surface area contributed by atoms with Gasteiger partial charge in [-0.2, -0.15) is 0 Å². The minimum atomic E-state index is -0.877. The lowest BCUT2D eigenvalue weighted by atomic mass is 9.79. The van der Waals surface area contributed by atoms with Crippen LogP contribution in [0.25, 0.3) is 0 Å². The SMILES string of the molecule is CCC/C=C(/OC(C)(C)C)C(CCCCB1OC(C)(C)C(C)(C)O1)(CC(=O)P)N=C(c1ccccc1)c1ccccc1. The zero-order chi connectivity index (χ0) is 31.0. The molecule has 42 heavy (non-hydrogen) atoms. The molecule has 0 bridgehead atoms. The predicted molar refractivity (Wildman–Crippen MR) is 179 cm³/mol. The largest absolute Gasteiger partial charge is 0.490 e. The molecule has 0 radical (unpaired) electrons.